The van der Waals surface area contributed by atoms with Gasteiger partial charge in [0.05, 0.1) is 33.5 Å². The monoisotopic (exact) mass is 282 g/mol. The number of nitroso groups, excluding NO2 is 1. The van der Waals surface area contributed by atoms with Crippen LogP contribution in [0.4, 0.5) is 10.1 Å². The van der Waals surface area contributed by atoms with Crippen molar-refractivity contribution in [3.8, 4) is 0 Å². The zero-order chi connectivity index (χ0) is 14.6. The minimum Gasteiger partial charge on any atom is -0.352 e. The average Bonchev–Trinajstić information content (AvgIpc) is 2.95. The van der Waals surface area contributed by atoms with E-state index >= 15 is 0 Å². The Hall–Kier alpha value is -3.09. The van der Waals surface area contributed by atoms with Crippen LogP contribution >= 0.6 is 0 Å². The molecule has 2 N–H and O–H groups in total. The normalized spacial score (nSPS) is 11.5. The fourth-order valence-electron chi connectivity index (χ4n) is 2.62. The van der Waals surface area contributed by atoms with Gasteiger partial charge in [-0.15, -0.1) is 4.91 Å². The highest BCUT2D eigenvalue weighted by molar-refractivity contribution is 6.09. The highest BCUT2D eigenvalue weighted by Gasteiger charge is 2.15. The van der Waals surface area contributed by atoms with E-state index in [-0.39, 0.29) is 16.6 Å². The van der Waals surface area contributed by atoms with Gasteiger partial charge >= 0.3 is 0 Å². The predicted molar refractivity (Wildman–Crippen MR) is 77.1 cm³/mol. The van der Waals surface area contributed by atoms with Crippen molar-refractivity contribution in [3.05, 3.63) is 51.4 Å². The van der Waals surface area contributed by atoms with Crippen LogP contribution in [0.2, 0.25) is 0 Å². The van der Waals surface area contributed by atoms with Gasteiger partial charge in [-0.2, -0.15) is 5.10 Å². The van der Waals surface area contributed by atoms with Crippen LogP contribution in [0.3, 0.4) is 0 Å². The van der Waals surface area contributed by atoms with Gasteiger partial charge < -0.3 is 4.98 Å². The first kappa shape index (κ1) is 11.7. The molecule has 102 valence electrons. The van der Waals surface area contributed by atoms with Gasteiger partial charge in [-0.25, -0.2) is 4.39 Å². The van der Waals surface area contributed by atoms with Crippen molar-refractivity contribution >= 4 is 38.4 Å². The fourth-order valence-corrected chi connectivity index (χ4v) is 2.62. The van der Waals surface area contributed by atoms with E-state index in [1.165, 1.54) is 12.3 Å². The molecule has 0 saturated carbocycles. The second-order valence-corrected chi connectivity index (χ2v) is 4.68. The zero-order valence-corrected chi connectivity index (χ0v) is 10.5. The van der Waals surface area contributed by atoms with Crippen LogP contribution in [0.1, 0.15) is 0 Å². The summed E-state index contributed by atoms with van der Waals surface area (Å²) in [5.74, 6) is -0.693. The van der Waals surface area contributed by atoms with Crippen molar-refractivity contribution in [3.63, 3.8) is 0 Å². The number of aromatic amines is 2. The van der Waals surface area contributed by atoms with Gasteiger partial charge in [0, 0.05) is 5.39 Å². The number of benzene rings is 2. The molecule has 7 heteroatoms. The second kappa shape index (κ2) is 3.95. The van der Waals surface area contributed by atoms with Crippen LogP contribution in [-0.2, 0) is 0 Å². The predicted octanol–water partition coefficient (Wildman–Crippen LogP) is 3.09. The number of hydrogen-bond acceptors (Lipinski definition) is 4. The molecule has 0 bridgehead atoms. The van der Waals surface area contributed by atoms with Crippen LogP contribution in [0, 0.1) is 10.7 Å². The molecule has 2 aromatic heterocycles. The largest absolute Gasteiger partial charge is 0.352 e. The molecule has 0 aliphatic rings. The Morgan fingerprint density at radius 3 is 2.71 bits per heavy atom. The maximum absolute atomic E-state index is 14.0. The molecule has 0 saturated heterocycles. The van der Waals surface area contributed by atoms with Gasteiger partial charge in [0.15, 0.2) is 0 Å². The summed E-state index contributed by atoms with van der Waals surface area (Å²) in [5.41, 5.74) is 0.783. The van der Waals surface area contributed by atoms with E-state index in [4.69, 9.17) is 0 Å². The molecule has 0 spiro atoms. The average molecular weight is 282 g/mol. The Kier molecular flexibility index (Phi) is 2.20. The molecule has 0 amide bonds. The van der Waals surface area contributed by atoms with Gasteiger partial charge in [-0.1, -0.05) is 0 Å². The van der Waals surface area contributed by atoms with Gasteiger partial charge in [0.25, 0.3) is 0 Å². The van der Waals surface area contributed by atoms with E-state index in [0.717, 1.165) is 6.07 Å². The minimum atomic E-state index is -0.693. The number of halogens is 1. The smallest absolute Gasteiger partial charge is 0.200 e. The topological polar surface area (TPSA) is 91.0 Å². The van der Waals surface area contributed by atoms with Gasteiger partial charge in [-0.3, -0.25) is 9.89 Å². The number of nitrogens with one attached hydrogen (secondary N) is 2. The third-order valence-electron chi connectivity index (χ3n) is 3.57. The van der Waals surface area contributed by atoms with Gasteiger partial charge in [0.2, 0.25) is 5.43 Å². The van der Waals surface area contributed by atoms with E-state index in [2.05, 4.69) is 20.4 Å². The lowest BCUT2D eigenvalue weighted by Gasteiger charge is -2.05. The number of nitrogens with zero attached hydrogens (tertiary/aromatic N) is 2. The first-order valence-corrected chi connectivity index (χ1v) is 6.14. The molecule has 4 aromatic rings. The lowest BCUT2D eigenvalue weighted by molar-refractivity contribution is 0.639. The van der Waals surface area contributed by atoms with E-state index in [0.29, 0.717) is 21.8 Å². The van der Waals surface area contributed by atoms with Gasteiger partial charge in [0.1, 0.15) is 11.5 Å². The first-order valence-electron chi connectivity index (χ1n) is 6.14. The molecule has 0 unspecified atom stereocenters. The lowest BCUT2D eigenvalue weighted by Crippen LogP contribution is -2.06. The first-order chi connectivity index (χ1) is 10.2. The van der Waals surface area contributed by atoms with E-state index in [9.17, 15) is 14.1 Å². The van der Waals surface area contributed by atoms with Crippen LogP contribution in [0.5, 0.6) is 0 Å². The Balaban J connectivity index is 2.38. The Morgan fingerprint density at radius 1 is 1.10 bits per heavy atom. The second-order valence-electron chi connectivity index (χ2n) is 4.68. The van der Waals surface area contributed by atoms with E-state index in [1.807, 2.05) is 0 Å². The molecule has 0 radical (unpaired) electrons. The number of H-pyrrole nitrogens is 2. The molecule has 6 nitrogen and oxygen atoms in total. The van der Waals surface area contributed by atoms with Crippen LogP contribution in [-0.4, -0.2) is 15.2 Å². The molecule has 0 atom stereocenters. The number of fused-ring (bicyclic) bond motifs is 4. The molecule has 0 aliphatic carbocycles. The standard InChI is InChI=1S/C14H7FN4O2/c15-7-1-2-10(19-21)13-12(7)14(20)11-6-5-16-18-8(6)3-4-9(11)17-13/h1-5H,(H,16,18)(H,17,20). The summed E-state index contributed by atoms with van der Waals surface area (Å²) in [7, 11) is 0. The summed E-state index contributed by atoms with van der Waals surface area (Å²) in [5, 5.41) is 10.2. The Labute approximate surface area is 115 Å². The SMILES string of the molecule is O=Nc1ccc(F)c2c(=O)c3c(ccc4[nH]ncc43)[nH]c12. The van der Waals surface area contributed by atoms with E-state index < -0.39 is 11.2 Å². The van der Waals surface area contributed by atoms with Crippen LogP contribution in [0.15, 0.2) is 40.4 Å². The molecule has 0 aliphatic heterocycles. The van der Waals surface area contributed by atoms with Gasteiger partial charge in [-0.05, 0) is 29.4 Å². The number of aromatic nitrogens is 3. The molecule has 4 rings (SSSR count). The fraction of sp³-hybridized carbons (Fsp3) is 0. The molecule has 0 fully saturated rings. The van der Waals surface area contributed by atoms with Crippen molar-refractivity contribution in [2.24, 2.45) is 5.18 Å². The molecule has 2 heterocycles. The molecular formula is C14H7FN4O2. The van der Waals surface area contributed by atoms with Crippen LogP contribution < -0.4 is 5.43 Å². The van der Waals surface area contributed by atoms with Crippen molar-refractivity contribution in [1.82, 2.24) is 15.2 Å². The number of hydrogen-bond donors (Lipinski definition) is 2. The molecule has 2 aromatic carbocycles. The summed E-state index contributed by atoms with van der Waals surface area (Å²) in [4.78, 5) is 26.4. The summed E-state index contributed by atoms with van der Waals surface area (Å²) >= 11 is 0. The highest BCUT2D eigenvalue weighted by Crippen LogP contribution is 2.28. The maximum Gasteiger partial charge on any atom is 0.200 e. The number of pyridine rings is 1. The molecular weight excluding hydrogens is 275 g/mol. The Morgan fingerprint density at radius 2 is 1.90 bits per heavy atom. The summed E-state index contributed by atoms with van der Waals surface area (Å²) < 4.78 is 14.0. The maximum atomic E-state index is 14.0. The van der Waals surface area contributed by atoms with Crippen molar-refractivity contribution in [1.29, 1.82) is 0 Å². The summed E-state index contributed by atoms with van der Waals surface area (Å²) in [6.07, 6.45) is 1.51. The third-order valence-corrected chi connectivity index (χ3v) is 3.57. The lowest BCUT2D eigenvalue weighted by atomic mass is 10.1. The summed E-state index contributed by atoms with van der Waals surface area (Å²) in [6.45, 7) is 0. The highest BCUT2D eigenvalue weighted by atomic mass is 19.1. The van der Waals surface area contributed by atoms with Crippen molar-refractivity contribution < 1.29 is 4.39 Å². The summed E-state index contributed by atoms with van der Waals surface area (Å²) in [6, 6.07) is 5.73. The molecule has 21 heavy (non-hydrogen) atoms. The number of rotatable bonds is 1. The third kappa shape index (κ3) is 1.45. The Bertz CT molecular complexity index is 1100. The zero-order valence-electron chi connectivity index (χ0n) is 10.5. The van der Waals surface area contributed by atoms with Crippen molar-refractivity contribution in [2.75, 3.05) is 0 Å². The minimum absolute atomic E-state index is 0.00214. The quantitative estimate of drug-likeness (QED) is 0.415. The van der Waals surface area contributed by atoms with E-state index in [1.54, 1.807) is 12.1 Å². The van der Waals surface area contributed by atoms with Crippen LogP contribution in [0.25, 0.3) is 32.7 Å². The van der Waals surface area contributed by atoms with Crippen molar-refractivity contribution in [2.45, 2.75) is 0 Å².